The summed E-state index contributed by atoms with van der Waals surface area (Å²) in [6.45, 7) is 5.36. The standard InChI is InChI=1S/C25H22ClF2N3O2/c1-14-8-17(4-7-23(14)30-11-15(2)29-13-30)24(32)21-9-18(26)12-31(25(21)33)16(3)20-10-19(27)5-6-22(20)28/h4-13,16,24,32H,1-3H3. The molecule has 0 aliphatic heterocycles. The predicted molar refractivity (Wildman–Crippen MR) is 123 cm³/mol. The molecule has 0 fully saturated rings. The molecule has 0 spiro atoms. The van der Waals surface area contributed by atoms with E-state index in [2.05, 4.69) is 4.98 Å². The van der Waals surface area contributed by atoms with Gasteiger partial charge in [-0.25, -0.2) is 13.8 Å². The Morgan fingerprint density at radius 3 is 2.45 bits per heavy atom. The molecule has 2 heterocycles. The fraction of sp³-hybridized carbons (Fsp3) is 0.200. The number of aromatic nitrogens is 3. The van der Waals surface area contributed by atoms with E-state index in [4.69, 9.17) is 11.6 Å². The average molecular weight is 470 g/mol. The van der Waals surface area contributed by atoms with Crippen LogP contribution in [-0.2, 0) is 0 Å². The Morgan fingerprint density at radius 1 is 1.03 bits per heavy atom. The number of halogens is 3. The molecule has 2 unspecified atom stereocenters. The van der Waals surface area contributed by atoms with Gasteiger partial charge in [-0.05, 0) is 62.2 Å². The van der Waals surface area contributed by atoms with Crippen molar-refractivity contribution in [2.75, 3.05) is 0 Å². The molecular formula is C25H22ClF2N3O2. The summed E-state index contributed by atoms with van der Waals surface area (Å²) in [5, 5.41) is 11.2. The minimum absolute atomic E-state index is 0.00984. The zero-order chi connectivity index (χ0) is 23.9. The van der Waals surface area contributed by atoms with E-state index < -0.39 is 29.3 Å². The fourth-order valence-electron chi connectivity index (χ4n) is 3.93. The largest absolute Gasteiger partial charge is 0.383 e. The SMILES string of the molecule is Cc1cn(-c2ccc(C(O)c3cc(Cl)cn(C(C)c4cc(F)ccc4F)c3=O)cc2C)cn1. The number of benzene rings is 2. The van der Waals surface area contributed by atoms with E-state index in [0.717, 1.165) is 35.1 Å². The number of aliphatic hydroxyl groups is 1. The minimum atomic E-state index is -1.26. The quantitative estimate of drug-likeness (QED) is 0.433. The summed E-state index contributed by atoms with van der Waals surface area (Å²) in [6.07, 6.45) is 3.69. The normalized spacial score (nSPS) is 13.2. The van der Waals surface area contributed by atoms with E-state index in [1.54, 1.807) is 25.4 Å². The summed E-state index contributed by atoms with van der Waals surface area (Å²) in [5.74, 6) is -1.25. The topological polar surface area (TPSA) is 60.0 Å². The summed E-state index contributed by atoms with van der Waals surface area (Å²) in [7, 11) is 0. The number of hydrogen-bond acceptors (Lipinski definition) is 3. The van der Waals surface area contributed by atoms with Crippen LogP contribution in [0.15, 0.2) is 66.0 Å². The second kappa shape index (κ2) is 8.92. The first-order valence-corrected chi connectivity index (χ1v) is 10.7. The first-order valence-electron chi connectivity index (χ1n) is 10.3. The van der Waals surface area contributed by atoms with E-state index in [0.29, 0.717) is 5.56 Å². The van der Waals surface area contributed by atoms with Crippen molar-refractivity contribution in [2.24, 2.45) is 0 Å². The third-order valence-corrected chi connectivity index (χ3v) is 5.89. The van der Waals surface area contributed by atoms with Crippen LogP contribution >= 0.6 is 11.6 Å². The molecule has 0 saturated heterocycles. The Hall–Kier alpha value is -3.29. The first kappa shape index (κ1) is 22.9. The van der Waals surface area contributed by atoms with E-state index in [9.17, 15) is 18.7 Å². The minimum Gasteiger partial charge on any atom is -0.383 e. The number of aliphatic hydroxyl groups excluding tert-OH is 1. The number of rotatable bonds is 5. The third-order valence-electron chi connectivity index (χ3n) is 5.68. The van der Waals surface area contributed by atoms with Gasteiger partial charge >= 0.3 is 0 Å². The smallest absolute Gasteiger partial charge is 0.257 e. The van der Waals surface area contributed by atoms with E-state index in [1.807, 2.05) is 30.7 Å². The molecule has 1 N–H and O–H groups in total. The zero-order valence-electron chi connectivity index (χ0n) is 18.3. The summed E-state index contributed by atoms with van der Waals surface area (Å²) in [5.41, 5.74) is 2.65. The number of pyridine rings is 1. The number of aryl methyl sites for hydroxylation is 2. The predicted octanol–water partition coefficient (Wildman–Crippen LogP) is 5.27. The monoisotopic (exact) mass is 469 g/mol. The van der Waals surface area contributed by atoms with Crippen LogP contribution in [0.2, 0.25) is 5.02 Å². The third kappa shape index (κ3) is 4.47. The Morgan fingerprint density at radius 2 is 1.79 bits per heavy atom. The van der Waals surface area contributed by atoms with Crippen LogP contribution < -0.4 is 5.56 Å². The average Bonchev–Trinajstić information content (AvgIpc) is 3.21. The van der Waals surface area contributed by atoms with Crippen LogP contribution in [0, 0.1) is 25.5 Å². The lowest BCUT2D eigenvalue weighted by Gasteiger charge is -2.20. The number of imidazole rings is 1. The molecule has 0 saturated carbocycles. The van der Waals surface area contributed by atoms with Gasteiger partial charge in [-0.2, -0.15) is 0 Å². The maximum Gasteiger partial charge on any atom is 0.257 e. The Labute approximate surface area is 194 Å². The van der Waals surface area contributed by atoms with Crippen molar-refractivity contribution in [3.8, 4) is 5.69 Å². The molecule has 0 aliphatic carbocycles. The summed E-state index contributed by atoms with van der Waals surface area (Å²) in [4.78, 5) is 17.5. The molecule has 33 heavy (non-hydrogen) atoms. The van der Waals surface area contributed by atoms with Gasteiger partial charge < -0.3 is 14.2 Å². The highest BCUT2D eigenvalue weighted by Gasteiger charge is 2.22. The Balaban J connectivity index is 1.74. The molecule has 2 aromatic carbocycles. The van der Waals surface area contributed by atoms with Gasteiger partial charge in [0.05, 0.1) is 28.6 Å². The summed E-state index contributed by atoms with van der Waals surface area (Å²) >= 11 is 6.25. The van der Waals surface area contributed by atoms with Crippen LogP contribution in [0.5, 0.6) is 0 Å². The van der Waals surface area contributed by atoms with Crippen LogP contribution in [0.1, 0.15) is 47.0 Å². The molecule has 2 aromatic heterocycles. The van der Waals surface area contributed by atoms with E-state index in [-0.39, 0.29) is 16.1 Å². The van der Waals surface area contributed by atoms with Gasteiger partial charge in [0.1, 0.15) is 17.7 Å². The molecule has 5 nitrogen and oxygen atoms in total. The molecular weight excluding hydrogens is 448 g/mol. The molecule has 2 atom stereocenters. The lowest BCUT2D eigenvalue weighted by atomic mass is 9.99. The molecule has 0 amide bonds. The van der Waals surface area contributed by atoms with Crippen LogP contribution in [0.25, 0.3) is 5.69 Å². The molecule has 0 bridgehead atoms. The first-order chi connectivity index (χ1) is 15.7. The van der Waals surface area contributed by atoms with Crippen molar-refractivity contribution in [1.29, 1.82) is 0 Å². The maximum atomic E-state index is 14.3. The zero-order valence-corrected chi connectivity index (χ0v) is 19.0. The van der Waals surface area contributed by atoms with Gasteiger partial charge in [-0.3, -0.25) is 4.79 Å². The molecule has 0 aliphatic rings. The molecule has 8 heteroatoms. The van der Waals surface area contributed by atoms with Gasteiger partial charge in [0, 0.05) is 23.6 Å². The number of hydrogen-bond donors (Lipinski definition) is 1. The highest BCUT2D eigenvalue weighted by molar-refractivity contribution is 6.30. The number of nitrogens with zero attached hydrogens (tertiary/aromatic N) is 3. The lowest BCUT2D eigenvalue weighted by Crippen LogP contribution is -2.28. The van der Waals surface area contributed by atoms with Crippen molar-refractivity contribution >= 4 is 11.6 Å². The van der Waals surface area contributed by atoms with E-state index in [1.165, 1.54) is 16.8 Å². The van der Waals surface area contributed by atoms with Crippen LogP contribution in [-0.4, -0.2) is 19.2 Å². The van der Waals surface area contributed by atoms with Gasteiger partial charge in [0.2, 0.25) is 0 Å². The highest BCUT2D eigenvalue weighted by Crippen LogP contribution is 2.27. The van der Waals surface area contributed by atoms with Crippen molar-refractivity contribution in [3.05, 3.63) is 116 Å². The second-order valence-electron chi connectivity index (χ2n) is 8.04. The van der Waals surface area contributed by atoms with Gasteiger partial charge in [-0.15, -0.1) is 0 Å². The molecule has 170 valence electrons. The highest BCUT2D eigenvalue weighted by atomic mass is 35.5. The molecule has 0 radical (unpaired) electrons. The lowest BCUT2D eigenvalue weighted by molar-refractivity contribution is 0.217. The van der Waals surface area contributed by atoms with Crippen molar-refractivity contribution in [1.82, 2.24) is 14.1 Å². The van der Waals surface area contributed by atoms with Crippen molar-refractivity contribution < 1.29 is 13.9 Å². The van der Waals surface area contributed by atoms with Gasteiger partial charge in [0.15, 0.2) is 0 Å². The maximum absolute atomic E-state index is 14.3. The Kier molecular flexibility index (Phi) is 6.19. The van der Waals surface area contributed by atoms with E-state index >= 15 is 0 Å². The molecule has 4 aromatic rings. The van der Waals surface area contributed by atoms with Crippen LogP contribution in [0.4, 0.5) is 8.78 Å². The fourth-order valence-corrected chi connectivity index (χ4v) is 4.15. The van der Waals surface area contributed by atoms with Gasteiger partial charge in [-0.1, -0.05) is 23.7 Å². The van der Waals surface area contributed by atoms with Gasteiger partial charge in [0.25, 0.3) is 5.56 Å². The summed E-state index contributed by atoms with van der Waals surface area (Å²) in [6, 6.07) is 8.97. The van der Waals surface area contributed by atoms with Crippen molar-refractivity contribution in [3.63, 3.8) is 0 Å². The Bertz CT molecular complexity index is 1400. The molecule has 4 rings (SSSR count). The second-order valence-corrected chi connectivity index (χ2v) is 8.48. The van der Waals surface area contributed by atoms with Crippen molar-refractivity contribution in [2.45, 2.75) is 32.9 Å². The summed E-state index contributed by atoms with van der Waals surface area (Å²) < 4.78 is 31.1. The van der Waals surface area contributed by atoms with Crippen LogP contribution in [0.3, 0.4) is 0 Å².